The smallest absolute Gasteiger partial charge is 0.0360 e. The van der Waals surface area contributed by atoms with E-state index in [1.165, 1.54) is 36.0 Å². The van der Waals surface area contributed by atoms with Gasteiger partial charge in [-0.1, -0.05) is 55.4 Å². The lowest BCUT2D eigenvalue weighted by molar-refractivity contribution is 0.377. The molecular weight excluding hydrogens is 278 g/mol. The van der Waals surface area contributed by atoms with Crippen LogP contribution in [-0.2, 0) is 0 Å². The van der Waals surface area contributed by atoms with E-state index in [1.54, 1.807) is 5.57 Å². The Balaban J connectivity index is 2.73. The zero-order valence-corrected chi connectivity index (χ0v) is 15.8. The largest absolute Gasteiger partial charge is 0.293 e. The van der Waals surface area contributed by atoms with Crippen LogP contribution in [0.4, 0.5) is 0 Å². The second-order valence-corrected chi connectivity index (χ2v) is 7.09. The molecule has 126 valence electrons. The average molecular weight is 312 g/mol. The van der Waals surface area contributed by atoms with Crippen LogP contribution in [0.15, 0.2) is 63.7 Å². The van der Waals surface area contributed by atoms with E-state index in [-0.39, 0.29) is 0 Å². The average Bonchev–Trinajstić information content (AvgIpc) is 2.46. The highest BCUT2D eigenvalue weighted by Crippen LogP contribution is 2.40. The molecule has 0 aromatic rings. The molecule has 0 aromatic heterocycles. The van der Waals surface area contributed by atoms with E-state index in [9.17, 15) is 0 Å². The Hall–Kier alpha value is -1.63. The monoisotopic (exact) mass is 311 g/mol. The van der Waals surface area contributed by atoms with Crippen molar-refractivity contribution in [2.24, 2.45) is 10.4 Å². The predicted molar refractivity (Wildman–Crippen MR) is 105 cm³/mol. The summed E-state index contributed by atoms with van der Waals surface area (Å²) in [5, 5.41) is 0. The van der Waals surface area contributed by atoms with E-state index in [4.69, 9.17) is 0 Å². The summed E-state index contributed by atoms with van der Waals surface area (Å²) in [7, 11) is 0. The molecule has 0 bridgehead atoms. The van der Waals surface area contributed by atoms with Crippen LogP contribution >= 0.6 is 0 Å². The van der Waals surface area contributed by atoms with Gasteiger partial charge in [-0.15, -0.1) is 0 Å². The minimum absolute atomic E-state index is 0.312. The van der Waals surface area contributed by atoms with E-state index >= 15 is 0 Å². The first-order valence-corrected chi connectivity index (χ1v) is 8.77. The van der Waals surface area contributed by atoms with E-state index < -0.39 is 0 Å². The van der Waals surface area contributed by atoms with Crippen molar-refractivity contribution < 1.29 is 0 Å². The van der Waals surface area contributed by atoms with Crippen molar-refractivity contribution in [3.05, 3.63) is 58.7 Å². The molecule has 0 atom stereocenters. The van der Waals surface area contributed by atoms with Crippen LogP contribution < -0.4 is 0 Å². The van der Waals surface area contributed by atoms with Gasteiger partial charge in [-0.25, -0.2) is 0 Å². The van der Waals surface area contributed by atoms with Crippen LogP contribution in [0.3, 0.4) is 0 Å². The molecule has 0 spiro atoms. The van der Waals surface area contributed by atoms with Crippen molar-refractivity contribution in [2.75, 3.05) is 6.54 Å². The van der Waals surface area contributed by atoms with Gasteiger partial charge in [-0.2, -0.15) is 0 Å². The summed E-state index contributed by atoms with van der Waals surface area (Å²) in [5.41, 5.74) is 5.87. The van der Waals surface area contributed by atoms with E-state index in [0.29, 0.717) is 5.41 Å². The summed E-state index contributed by atoms with van der Waals surface area (Å²) in [5.74, 6) is 0. The number of allylic oxidation sites excluding steroid dienone is 10. The fourth-order valence-electron chi connectivity index (χ4n) is 2.96. The first kappa shape index (κ1) is 19.4. The van der Waals surface area contributed by atoms with Crippen LogP contribution in [0.25, 0.3) is 0 Å². The maximum atomic E-state index is 4.19. The van der Waals surface area contributed by atoms with Gasteiger partial charge in [0.05, 0.1) is 0 Å². The number of hydrogen-bond donors (Lipinski definition) is 0. The molecule has 0 fully saturated rings. The molecule has 0 unspecified atom stereocenters. The van der Waals surface area contributed by atoms with Crippen molar-refractivity contribution in [3.63, 3.8) is 0 Å². The van der Waals surface area contributed by atoms with Crippen LogP contribution in [0, 0.1) is 5.41 Å². The Morgan fingerprint density at radius 2 is 1.83 bits per heavy atom. The van der Waals surface area contributed by atoms with E-state index in [0.717, 1.165) is 6.54 Å². The molecular formula is C22H33N. The first-order valence-electron chi connectivity index (χ1n) is 8.77. The minimum atomic E-state index is 0.312. The zero-order chi connectivity index (χ0) is 17.3. The Labute approximate surface area is 143 Å². The molecule has 1 rings (SSSR count). The fraction of sp³-hybridized carbons (Fsp3) is 0.500. The van der Waals surface area contributed by atoms with Crippen molar-refractivity contribution in [1.29, 1.82) is 0 Å². The molecule has 1 aliphatic carbocycles. The molecule has 1 aliphatic rings. The lowest BCUT2D eigenvalue weighted by Crippen LogP contribution is -2.19. The van der Waals surface area contributed by atoms with Gasteiger partial charge >= 0.3 is 0 Å². The lowest BCUT2D eigenvalue weighted by atomic mass is 9.72. The molecule has 0 aromatic carbocycles. The molecule has 1 heteroatoms. The minimum Gasteiger partial charge on any atom is -0.293 e. The van der Waals surface area contributed by atoms with Gasteiger partial charge in [-0.05, 0) is 69.6 Å². The molecule has 23 heavy (non-hydrogen) atoms. The number of nitrogens with zero attached hydrogens (tertiary/aromatic N) is 1. The maximum Gasteiger partial charge on any atom is 0.0360 e. The zero-order valence-electron chi connectivity index (χ0n) is 15.8. The molecule has 1 nitrogen and oxygen atoms in total. The Kier molecular flexibility index (Phi) is 8.02. The predicted octanol–water partition coefficient (Wildman–Crippen LogP) is 6.61. The van der Waals surface area contributed by atoms with Gasteiger partial charge in [-0.3, -0.25) is 4.99 Å². The third-order valence-corrected chi connectivity index (χ3v) is 4.40. The third kappa shape index (κ3) is 6.99. The van der Waals surface area contributed by atoms with Crippen LogP contribution in [0.5, 0.6) is 0 Å². The highest BCUT2D eigenvalue weighted by Gasteiger charge is 2.26. The topological polar surface area (TPSA) is 12.4 Å². The Morgan fingerprint density at radius 3 is 2.48 bits per heavy atom. The van der Waals surface area contributed by atoms with Crippen molar-refractivity contribution in [3.8, 4) is 0 Å². The Morgan fingerprint density at radius 1 is 1.13 bits per heavy atom. The summed E-state index contributed by atoms with van der Waals surface area (Å²) in [6.07, 6.45) is 18.7. The molecule has 0 amide bonds. The van der Waals surface area contributed by atoms with Crippen molar-refractivity contribution >= 4 is 6.21 Å². The molecule has 0 heterocycles. The van der Waals surface area contributed by atoms with Crippen LogP contribution in [0.1, 0.15) is 60.8 Å². The third-order valence-electron chi connectivity index (χ3n) is 4.40. The van der Waals surface area contributed by atoms with Crippen LogP contribution in [-0.4, -0.2) is 12.8 Å². The van der Waals surface area contributed by atoms with Gasteiger partial charge in [0.15, 0.2) is 0 Å². The standard InChI is InChI=1S/C22H33N/c1-7-23-17-15-19(3)11-8-10-18(2)13-14-21-20(4)12-9-16-22(21,5)6/h8,10-11,13-15,17H,7,9,12,16H2,1-6H3/b11-8+,14-13+,18-10+,19-15+,23-17?. The quantitative estimate of drug-likeness (QED) is 0.386. The highest BCUT2D eigenvalue weighted by atomic mass is 14.7. The van der Waals surface area contributed by atoms with E-state index in [1.807, 2.05) is 19.2 Å². The molecule has 0 saturated carbocycles. The number of aliphatic imine (C=N–C) groups is 1. The normalized spacial score (nSPS) is 20.4. The summed E-state index contributed by atoms with van der Waals surface area (Å²) in [6.45, 7) is 14.1. The summed E-state index contributed by atoms with van der Waals surface area (Å²) in [4.78, 5) is 4.19. The van der Waals surface area contributed by atoms with Gasteiger partial charge in [0.25, 0.3) is 0 Å². The first-order chi connectivity index (χ1) is 10.9. The van der Waals surface area contributed by atoms with E-state index in [2.05, 4.69) is 70.0 Å². The van der Waals surface area contributed by atoms with Crippen molar-refractivity contribution in [1.82, 2.24) is 0 Å². The van der Waals surface area contributed by atoms with Crippen molar-refractivity contribution in [2.45, 2.75) is 60.8 Å². The Bertz CT molecular complexity index is 563. The van der Waals surface area contributed by atoms with Gasteiger partial charge in [0.1, 0.15) is 0 Å². The second kappa shape index (κ2) is 9.50. The number of hydrogen-bond acceptors (Lipinski definition) is 1. The summed E-state index contributed by atoms with van der Waals surface area (Å²) < 4.78 is 0. The SMILES string of the molecule is CCN=C/C=C(C)/C=C/C=C(C)/C=C/C1=C(C)CCCC1(C)C. The fourth-order valence-corrected chi connectivity index (χ4v) is 2.96. The molecule has 0 N–H and O–H groups in total. The second-order valence-electron chi connectivity index (χ2n) is 7.09. The van der Waals surface area contributed by atoms with Crippen LogP contribution in [0.2, 0.25) is 0 Å². The maximum absolute atomic E-state index is 4.19. The number of rotatable bonds is 6. The van der Waals surface area contributed by atoms with Gasteiger partial charge < -0.3 is 0 Å². The van der Waals surface area contributed by atoms with Gasteiger partial charge in [0.2, 0.25) is 0 Å². The molecule has 0 saturated heterocycles. The molecule has 0 radical (unpaired) electrons. The summed E-state index contributed by atoms with van der Waals surface area (Å²) >= 11 is 0. The lowest BCUT2D eigenvalue weighted by Gasteiger charge is -2.32. The summed E-state index contributed by atoms with van der Waals surface area (Å²) in [6, 6.07) is 0. The van der Waals surface area contributed by atoms with Gasteiger partial charge in [0, 0.05) is 12.8 Å². The molecule has 0 aliphatic heterocycles. The highest BCUT2D eigenvalue weighted by molar-refractivity contribution is 5.72.